The van der Waals surface area contributed by atoms with Gasteiger partial charge in [-0.05, 0) is 6.08 Å². The third-order valence-corrected chi connectivity index (χ3v) is 1.53. The van der Waals surface area contributed by atoms with Gasteiger partial charge < -0.3 is 14.3 Å². The second kappa shape index (κ2) is 8.64. The lowest BCUT2D eigenvalue weighted by Gasteiger charge is -2.05. The van der Waals surface area contributed by atoms with Crippen molar-refractivity contribution in [3.8, 4) is 0 Å². The molecular weight excluding hydrogens is 215 g/mol. The van der Waals surface area contributed by atoms with Crippen LogP contribution in [0.3, 0.4) is 0 Å². The first-order chi connectivity index (χ1) is 7.57. The zero-order chi connectivity index (χ0) is 12.4. The fraction of sp³-hybridized carbons (Fsp3) is 0.455. The van der Waals surface area contributed by atoms with Crippen molar-refractivity contribution < 1.29 is 23.5 Å². The van der Waals surface area contributed by atoms with Gasteiger partial charge >= 0.3 is 5.97 Å². The maximum atomic E-state index is 13.2. The average molecular weight is 230 g/mol. The highest BCUT2D eigenvalue weighted by Crippen LogP contribution is 2.11. The van der Waals surface area contributed by atoms with Gasteiger partial charge in [0.15, 0.2) is 5.83 Å². The Morgan fingerprint density at radius 1 is 1.31 bits per heavy atom. The molecule has 0 unspecified atom stereocenters. The highest BCUT2D eigenvalue weighted by Gasteiger charge is 2.02. The van der Waals surface area contributed by atoms with Crippen molar-refractivity contribution in [2.45, 2.75) is 19.8 Å². The zero-order valence-electron chi connectivity index (χ0n) is 9.20. The second-order valence-corrected chi connectivity index (χ2v) is 2.91. The van der Waals surface area contributed by atoms with E-state index in [9.17, 15) is 14.0 Å². The fourth-order valence-electron chi connectivity index (χ4n) is 0.801. The molecule has 5 heteroatoms. The Balaban J connectivity index is 3.78. The molecular formula is C11H15FO4. The van der Waals surface area contributed by atoms with E-state index >= 15 is 0 Å². The van der Waals surface area contributed by atoms with Crippen LogP contribution in [0.1, 0.15) is 19.8 Å². The average Bonchev–Trinajstić information content (AvgIpc) is 2.24. The van der Waals surface area contributed by atoms with Gasteiger partial charge in [0.1, 0.15) is 12.0 Å². The van der Waals surface area contributed by atoms with E-state index in [0.29, 0.717) is 6.29 Å². The van der Waals surface area contributed by atoms with Crippen LogP contribution in [-0.4, -0.2) is 25.5 Å². The smallest absolute Gasteiger partial charge is 0.302 e. The van der Waals surface area contributed by atoms with Gasteiger partial charge in [-0.2, -0.15) is 0 Å². The molecule has 0 aromatic carbocycles. The predicted octanol–water partition coefficient (Wildman–Crippen LogP) is 1.91. The van der Waals surface area contributed by atoms with Crippen LogP contribution in [0.5, 0.6) is 0 Å². The Labute approximate surface area is 93.7 Å². The number of halogens is 1. The number of allylic oxidation sites excluding steroid dienone is 1. The molecule has 0 amide bonds. The van der Waals surface area contributed by atoms with E-state index in [1.54, 1.807) is 0 Å². The number of carbonyl (C=O) groups excluding carboxylic acids is 2. The molecule has 0 N–H and O–H groups in total. The minimum Gasteiger partial charge on any atom is -0.491 e. The van der Waals surface area contributed by atoms with Crippen molar-refractivity contribution in [2.24, 2.45) is 0 Å². The highest BCUT2D eigenvalue weighted by molar-refractivity contribution is 5.65. The molecule has 0 aromatic heterocycles. The lowest BCUT2D eigenvalue weighted by Crippen LogP contribution is -2.00. The lowest BCUT2D eigenvalue weighted by molar-refractivity contribution is -0.140. The summed E-state index contributed by atoms with van der Waals surface area (Å²) in [6.07, 6.45) is 2.34. The molecule has 4 nitrogen and oxygen atoms in total. The fourth-order valence-corrected chi connectivity index (χ4v) is 0.801. The number of carbonyl (C=O) groups is 2. The number of hydrogen-bond donors (Lipinski definition) is 0. The van der Waals surface area contributed by atoms with Crippen LogP contribution in [0.2, 0.25) is 0 Å². The molecule has 0 rings (SSSR count). The molecule has 0 fully saturated rings. The molecule has 0 aliphatic heterocycles. The van der Waals surface area contributed by atoms with Crippen molar-refractivity contribution in [2.75, 3.05) is 13.2 Å². The van der Waals surface area contributed by atoms with E-state index in [1.165, 1.54) is 13.0 Å². The first kappa shape index (κ1) is 14.3. The maximum Gasteiger partial charge on any atom is 0.302 e. The van der Waals surface area contributed by atoms with Gasteiger partial charge in [-0.1, -0.05) is 6.58 Å². The summed E-state index contributed by atoms with van der Waals surface area (Å²) in [4.78, 5) is 20.3. The first-order valence-corrected chi connectivity index (χ1v) is 4.82. The van der Waals surface area contributed by atoms with Crippen LogP contribution >= 0.6 is 0 Å². The van der Waals surface area contributed by atoms with Crippen LogP contribution in [-0.2, 0) is 19.1 Å². The van der Waals surface area contributed by atoms with Gasteiger partial charge in [0.2, 0.25) is 0 Å². The van der Waals surface area contributed by atoms with Gasteiger partial charge in [-0.15, -0.1) is 0 Å². The van der Waals surface area contributed by atoms with Crippen LogP contribution in [0.25, 0.3) is 0 Å². The van der Waals surface area contributed by atoms with E-state index in [4.69, 9.17) is 4.74 Å². The summed E-state index contributed by atoms with van der Waals surface area (Å²) in [5, 5.41) is 0. The summed E-state index contributed by atoms with van der Waals surface area (Å²) in [6, 6.07) is 0. The molecule has 0 radical (unpaired) electrons. The summed E-state index contributed by atoms with van der Waals surface area (Å²) in [5.41, 5.74) is 0. The SMILES string of the molecule is C=C(OCCC=O)/C(F)=C\CCOC(C)=O. The Bertz CT molecular complexity index is 284. The van der Waals surface area contributed by atoms with Crippen molar-refractivity contribution in [1.82, 2.24) is 0 Å². The van der Waals surface area contributed by atoms with Crippen LogP contribution < -0.4 is 0 Å². The molecule has 0 saturated heterocycles. The predicted molar refractivity (Wildman–Crippen MR) is 56.2 cm³/mol. The quantitative estimate of drug-likeness (QED) is 0.210. The van der Waals surface area contributed by atoms with Crippen LogP contribution in [0, 0.1) is 0 Å². The molecule has 0 heterocycles. The molecule has 0 aliphatic carbocycles. The monoisotopic (exact) mass is 230 g/mol. The van der Waals surface area contributed by atoms with E-state index in [1.807, 2.05) is 0 Å². The third kappa shape index (κ3) is 7.73. The topological polar surface area (TPSA) is 52.6 Å². The Morgan fingerprint density at radius 3 is 2.50 bits per heavy atom. The molecule has 0 bridgehead atoms. The minimum absolute atomic E-state index is 0.105. The number of aldehydes is 1. The van der Waals surface area contributed by atoms with Crippen molar-refractivity contribution in [3.63, 3.8) is 0 Å². The number of hydrogen-bond acceptors (Lipinski definition) is 4. The van der Waals surface area contributed by atoms with Crippen LogP contribution in [0.4, 0.5) is 4.39 Å². The molecule has 0 saturated carbocycles. The standard InChI is InChI=1S/C11H15FO4/c1-9(15-8-4-6-13)11(12)5-3-7-16-10(2)14/h5-6H,1,3-4,7-8H2,2H3/b11-5+. The molecule has 0 atom stereocenters. The second-order valence-electron chi connectivity index (χ2n) is 2.91. The highest BCUT2D eigenvalue weighted by atomic mass is 19.1. The maximum absolute atomic E-state index is 13.2. The molecule has 16 heavy (non-hydrogen) atoms. The van der Waals surface area contributed by atoms with Gasteiger partial charge in [-0.25, -0.2) is 4.39 Å². The Morgan fingerprint density at radius 2 is 1.94 bits per heavy atom. The van der Waals surface area contributed by atoms with Crippen molar-refractivity contribution >= 4 is 12.3 Å². The largest absolute Gasteiger partial charge is 0.491 e. The van der Waals surface area contributed by atoms with Gasteiger partial charge in [0, 0.05) is 19.8 Å². The minimum atomic E-state index is -0.613. The Kier molecular flexibility index (Phi) is 7.75. The lowest BCUT2D eigenvalue weighted by atomic mass is 10.3. The molecule has 90 valence electrons. The summed E-state index contributed by atoms with van der Waals surface area (Å²) in [6.45, 7) is 4.85. The number of rotatable bonds is 8. The van der Waals surface area contributed by atoms with Gasteiger partial charge in [-0.3, -0.25) is 4.79 Å². The van der Waals surface area contributed by atoms with E-state index in [2.05, 4.69) is 11.3 Å². The number of esters is 1. The molecule has 0 spiro atoms. The zero-order valence-corrected chi connectivity index (χ0v) is 9.20. The number of ether oxygens (including phenoxy) is 2. The summed E-state index contributed by atoms with van der Waals surface area (Å²) in [7, 11) is 0. The van der Waals surface area contributed by atoms with E-state index in [-0.39, 0.29) is 31.8 Å². The van der Waals surface area contributed by atoms with Crippen LogP contribution in [0.15, 0.2) is 24.2 Å². The summed E-state index contributed by atoms with van der Waals surface area (Å²) >= 11 is 0. The van der Waals surface area contributed by atoms with Crippen molar-refractivity contribution in [3.05, 3.63) is 24.2 Å². The van der Waals surface area contributed by atoms with E-state index < -0.39 is 11.8 Å². The first-order valence-electron chi connectivity index (χ1n) is 4.82. The normalized spacial score (nSPS) is 10.8. The van der Waals surface area contributed by atoms with Gasteiger partial charge in [0.25, 0.3) is 0 Å². The molecule has 0 aliphatic rings. The van der Waals surface area contributed by atoms with Gasteiger partial charge in [0.05, 0.1) is 13.2 Å². The van der Waals surface area contributed by atoms with E-state index in [0.717, 1.165) is 0 Å². The van der Waals surface area contributed by atoms with Crippen molar-refractivity contribution in [1.29, 1.82) is 0 Å². The molecule has 0 aromatic rings. The summed E-state index contributed by atoms with van der Waals surface area (Å²) < 4.78 is 22.6. The Hall–Kier alpha value is -1.65. The third-order valence-electron chi connectivity index (χ3n) is 1.53. The summed E-state index contributed by atoms with van der Waals surface area (Å²) in [5.74, 6) is -1.14.